The van der Waals surface area contributed by atoms with Gasteiger partial charge in [0.25, 0.3) is 0 Å². The van der Waals surface area contributed by atoms with Crippen LogP contribution in [-0.2, 0) is 5.41 Å². The molecule has 0 heterocycles. The van der Waals surface area contributed by atoms with Crippen molar-refractivity contribution < 1.29 is 0 Å². The Morgan fingerprint density at radius 2 is 0.809 bits per heavy atom. The van der Waals surface area contributed by atoms with Crippen LogP contribution in [0.1, 0.15) is 25.0 Å². The SMILES string of the molecule is CC1(C)c2ccccc2-c2ccc(-c3ccc(Nc4ccc([Si](c5ccccc5)(c5ccccc5)c5ccccc5)cc4)cc3)cc21. The summed E-state index contributed by atoms with van der Waals surface area (Å²) in [5.74, 6) is 0. The number of hydrogen-bond donors (Lipinski definition) is 1. The molecular formula is C45H37NSi. The molecule has 1 N–H and O–H groups in total. The summed E-state index contributed by atoms with van der Waals surface area (Å²) >= 11 is 0. The lowest BCUT2D eigenvalue weighted by Gasteiger charge is -2.34. The maximum Gasteiger partial charge on any atom is 0.179 e. The van der Waals surface area contributed by atoms with Crippen LogP contribution in [0.3, 0.4) is 0 Å². The first-order chi connectivity index (χ1) is 23.0. The number of anilines is 2. The molecule has 0 aromatic heterocycles. The first-order valence-corrected chi connectivity index (χ1v) is 18.4. The Morgan fingerprint density at radius 3 is 1.36 bits per heavy atom. The molecule has 0 spiro atoms. The van der Waals surface area contributed by atoms with Crippen molar-refractivity contribution in [1.82, 2.24) is 0 Å². The van der Waals surface area contributed by atoms with Crippen LogP contribution >= 0.6 is 0 Å². The fourth-order valence-electron chi connectivity index (χ4n) is 7.66. The van der Waals surface area contributed by atoms with Crippen molar-refractivity contribution >= 4 is 40.2 Å². The van der Waals surface area contributed by atoms with Crippen molar-refractivity contribution in [3.8, 4) is 22.3 Å². The molecule has 0 atom stereocenters. The van der Waals surface area contributed by atoms with E-state index in [1.165, 1.54) is 54.1 Å². The van der Waals surface area contributed by atoms with Gasteiger partial charge in [-0.2, -0.15) is 0 Å². The molecule has 1 aliphatic rings. The Kier molecular flexibility index (Phi) is 7.23. The van der Waals surface area contributed by atoms with Crippen LogP contribution in [0.15, 0.2) is 182 Å². The lowest BCUT2D eigenvalue weighted by molar-refractivity contribution is 0.660. The molecule has 0 unspecified atom stereocenters. The minimum atomic E-state index is -2.53. The molecule has 0 bridgehead atoms. The van der Waals surface area contributed by atoms with Gasteiger partial charge >= 0.3 is 0 Å². The molecule has 0 saturated carbocycles. The van der Waals surface area contributed by atoms with Gasteiger partial charge in [0, 0.05) is 16.8 Å². The highest BCUT2D eigenvalue weighted by atomic mass is 28.3. The minimum absolute atomic E-state index is 0.00241. The van der Waals surface area contributed by atoms with E-state index in [-0.39, 0.29) is 5.41 Å². The quantitative estimate of drug-likeness (QED) is 0.139. The molecule has 1 nitrogen and oxygen atoms in total. The molecule has 1 aliphatic carbocycles. The topological polar surface area (TPSA) is 12.0 Å². The van der Waals surface area contributed by atoms with E-state index in [1.807, 2.05) is 0 Å². The third kappa shape index (κ3) is 4.93. The van der Waals surface area contributed by atoms with E-state index in [0.717, 1.165) is 11.4 Å². The molecule has 7 aromatic rings. The lowest BCUT2D eigenvalue weighted by atomic mass is 9.81. The number of benzene rings is 7. The summed E-state index contributed by atoms with van der Waals surface area (Å²) in [5, 5.41) is 9.17. The van der Waals surface area contributed by atoms with E-state index in [1.54, 1.807) is 0 Å². The molecule has 0 fully saturated rings. The smallest absolute Gasteiger partial charge is 0.179 e. The largest absolute Gasteiger partial charge is 0.356 e. The molecule has 226 valence electrons. The van der Waals surface area contributed by atoms with Crippen LogP contribution in [0.2, 0.25) is 0 Å². The second-order valence-corrected chi connectivity index (χ2v) is 16.9. The average Bonchev–Trinajstić information content (AvgIpc) is 3.37. The number of hydrogen-bond acceptors (Lipinski definition) is 1. The highest BCUT2D eigenvalue weighted by Gasteiger charge is 2.41. The molecule has 2 heteroatoms. The van der Waals surface area contributed by atoms with E-state index in [4.69, 9.17) is 0 Å². The summed E-state index contributed by atoms with van der Waals surface area (Å²) in [4.78, 5) is 0. The zero-order chi connectivity index (χ0) is 31.8. The summed E-state index contributed by atoms with van der Waals surface area (Å²) in [6.07, 6.45) is 0. The molecule has 0 radical (unpaired) electrons. The van der Waals surface area contributed by atoms with Crippen molar-refractivity contribution in [2.24, 2.45) is 0 Å². The van der Waals surface area contributed by atoms with Gasteiger partial charge < -0.3 is 5.32 Å². The molecule has 47 heavy (non-hydrogen) atoms. The van der Waals surface area contributed by atoms with Crippen molar-refractivity contribution in [3.05, 3.63) is 193 Å². The minimum Gasteiger partial charge on any atom is -0.356 e. The van der Waals surface area contributed by atoms with Crippen molar-refractivity contribution in [1.29, 1.82) is 0 Å². The van der Waals surface area contributed by atoms with Gasteiger partial charge in [-0.25, -0.2) is 0 Å². The Balaban J connectivity index is 1.10. The molecule has 0 amide bonds. The fraction of sp³-hybridized carbons (Fsp3) is 0.0667. The van der Waals surface area contributed by atoms with Crippen LogP contribution in [0.4, 0.5) is 11.4 Å². The molecule has 7 aromatic carbocycles. The molecule has 0 aliphatic heterocycles. The van der Waals surface area contributed by atoms with Crippen LogP contribution in [-0.4, -0.2) is 8.07 Å². The number of fused-ring (bicyclic) bond motifs is 3. The normalized spacial score (nSPS) is 13.1. The summed E-state index contributed by atoms with van der Waals surface area (Å²) in [5.41, 5.74) is 10.2. The zero-order valence-corrected chi connectivity index (χ0v) is 27.8. The highest BCUT2D eigenvalue weighted by molar-refractivity contribution is 7.19. The van der Waals surface area contributed by atoms with Gasteiger partial charge in [-0.15, -0.1) is 0 Å². The average molecular weight is 620 g/mol. The molecule has 0 saturated heterocycles. The van der Waals surface area contributed by atoms with Gasteiger partial charge in [-0.05, 0) is 84.5 Å². The summed E-state index contributed by atoms with van der Waals surface area (Å²) < 4.78 is 0. The van der Waals surface area contributed by atoms with E-state index < -0.39 is 8.07 Å². The van der Waals surface area contributed by atoms with Crippen LogP contribution < -0.4 is 26.1 Å². The zero-order valence-electron chi connectivity index (χ0n) is 26.8. The van der Waals surface area contributed by atoms with Gasteiger partial charge in [-0.1, -0.05) is 166 Å². The maximum absolute atomic E-state index is 3.66. The van der Waals surface area contributed by atoms with Gasteiger partial charge in [-0.3, -0.25) is 0 Å². The summed E-state index contributed by atoms with van der Waals surface area (Å²) in [6.45, 7) is 4.68. The van der Waals surface area contributed by atoms with Crippen LogP contribution in [0, 0.1) is 0 Å². The van der Waals surface area contributed by atoms with Crippen molar-refractivity contribution in [3.63, 3.8) is 0 Å². The first-order valence-electron chi connectivity index (χ1n) is 16.4. The van der Waals surface area contributed by atoms with Gasteiger partial charge in [0.1, 0.15) is 0 Å². The third-order valence-electron chi connectivity index (χ3n) is 10.0. The predicted octanol–water partition coefficient (Wildman–Crippen LogP) is 8.78. The fourth-order valence-corrected chi connectivity index (χ4v) is 12.4. The van der Waals surface area contributed by atoms with Gasteiger partial charge in [0.05, 0.1) is 0 Å². The third-order valence-corrected chi connectivity index (χ3v) is 14.8. The summed E-state index contributed by atoms with van der Waals surface area (Å²) in [7, 11) is -2.53. The van der Waals surface area contributed by atoms with E-state index in [0.29, 0.717) is 0 Å². The second-order valence-electron chi connectivity index (χ2n) is 13.1. The van der Waals surface area contributed by atoms with Gasteiger partial charge in [0.2, 0.25) is 0 Å². The Hall–Kier alpha value is -5.44. The number of rotatable bonds is 7. The van der Waals surface area contributed by atoms with Crippen molar-refractivity contribution in [2.45, 2.75) is 19.3 Å². The van der Waals surface area contributed by atoms with Crippen LogP contribution in [0.5, 0.6) is 0 Å². The molecule has 8 rings (SSSR count). The van der Waals surface area contributed by atoms with Crippen molar-refractivity contribution in [2.75, 3.05) is 5.32 Å². The Labute approximate surface area is 279 Å². The van der Waals surface area contributed by atoms with E-state index in [2.05, 4.69) is 201 Å². The Morgan fingerprint density at radius 1 is 0.383 bits per heavy atom. The maximum atomic E-state index is 3.66. The first kappa shape index (κ1) is 29.0. The summed E-state index contributed by atoms with van der Waals surface area (Å²) in [6, 6.07) is 67.0. The van der Waals surface area contributed by atoms with Gasteiger partial charge in [0.15, 0.2) is 8.07 Å². The van der Waals surface area contributed by atoms with E-state index in [9.17, 15) is 0 Å². The highest BCUT2D eigenvalue weighted by Crippen LogP contribution is 2.49. The Bertz CT molecular complexity index is 2050. The predicted molar refractivity (Wildman–Crippen MR) is 203 cm³/mol. The van der Waals surface area contributed by atoms with Crippen LogP contribution in [0.25, 0.3) is 22.3 Å². The second kappa shape index (κ2) is 11.7. The molecular weight excluding hydrogens is 583 g/mol. The number of nitrogens with one attached hydrogen (secondary N) is 1. The lowest BCUT2D eigenvalue weighted by Crippen LogP contribution is -2.74. The standard InChI is InChI=1S/C45H37NSi/c1-45(2)43-21-13-12-20-41(43)42-31-24-34(32-44(42)45)33-22-25-35(26-23-33)46-36-27-29-40(30-28-36)47(37-14-6-3-7-15-37,38-16-8-4-9-17-38)39-18-10-5-11-19-39/h3-32,46H,1-2H3. The monoisotopic (exact) mass is 619 g/mol. The van der Waals surface area contributed by atoms with E-state index >= 15 is 0 Å².